The predicted molar refractivity (Wildman–Crippen MR) is 83.4 cm³/mol. The van der Waals surface area contributed by atoms with Gasteiger partial charge < -0.3 is 28.8 Å². The summed E-state index contributed by atoms with van der Waals surface area (Å²) in [5.41, 5.74) is -3.79. The van der Waals surface area contributed by atoms with Crippen LogP contribution in [0.15, 0.2) is 11.3 Å². The van der Waals surface area contributed by atoms with Gasteiger partial charge in [-0.15, -0.1) is 0 Å². The van der Waals surface area contributed by atoms with Gasteiger partial charge in [0, 0.05) is 0 Å². The molecular weight excluding hydrogens is 352 g/mol. The van der Waals surface area contributed by atoms with Gasteiger partial charge in [-0.1, -0.05) is 0 Å². The minimum absolute atomic E-state index is 0.0797. The lowest BCUT2D eigenvalue weighted by Gasteiger charge is -2.26. The lowest BCUT2D eigenvalue weighted by atomic mass is 9.88. The molecule has 1 aliphatic rings. The number of carbonyl (C=O) groups is 4. The lowest BCUT2D eigenvalue weighted by molar-refractivity contribution is -0.182. The van der Waals surface area contributed by atoms with Gasteiger partial charge >= 0.3 is 23.9 Å². The summed E-state index contributed by atoms with van der Waals surface area (Å²) < 4.78 is 24.2. The van der Waals surface area contributed by atoms with Gasteiger partial charge in [0.15, 0.2) is 0 Å². The molecule has 146 valence electrons. The van der Waals surface area contributed by atoms with Gasteiger partial charge in [-0.25, -0.2) is 19.2 Å². The van der Waals surface area contributed by atoms with Crippen LogP contribution in [0.1, 0.15) is 27.7 Å². The highest BCUT2D eigenvalue weighted by Crippen LogP contribution is 2.38. The lowest BCUT2D eigenvalue weighted by Crippen LogP contribution is -2.55. The Morgan fingerprint density at radius 2 is 1.38 bits per heavy atom. The Bertz CT molecular complexity index is 608. The molecule has 0 aliphatic carbocycles. The number of hydrogen-bond acceptors (Lipinski definition) is 10. The van der Waals surface area contributed by atoms with Crippen LogP contribution < -0.4 is 0 Å². The Balaban J connectivity index is 3.55. The van der Waals surface area contributed by atoms with Crippen LogP contribution >= 0.6 is 0 Å². The van der Waals surface area contributed by atoms with Crippen molar-refractivity contribution in [3.8, 4) is 0 Å². The summed E-state index contributed by atoms with van der Waals surface area (Å²) in [6.45, 7) is 5.45. The fraction of sp³-hybridized carbons (Fsp3) is 0.625. The van der Waals surface area contributed by atoms with E-state index in [-0.39, 0.29) is 26.4 Å². The molecule has 1 heterocycles. The summed E-state index contributed by atoms with van der Waals surface area (Å²) in [5.74, 6) is -5.70. The van der Waals surface area contributed by atoms with Crippen molar-refractivity contribution >= 4 is 23.9 Å². The summed E-state index contributed by atoms with van der Waals surface area (Å²) in [4.78, 5) is 49.0. The summed E-state index contributed by atoms with van der Waals surface area (Å²) in [6, 6.07) is 0. The standard InChI is InChI=1S/C16H22O10/c1-5-22-12(17)9-10(13(18)23-6-2)26-11(14(19)24-7-3)16(9,21)15(20)25-8-4/h11,21H,5-8H2,1-4H3/t11-,16+/m1/s1. The van der Waals surface area contributed by atoms with Gasteiger partial charge in [0.05, 0.1) is 26.4 Å². The molecule has 0 saturated carbocycles. The molecule has 0 saturated heterocycles. The van der Waals surface area contributed by atoms with Gasteiger partial charge in [-0.2, -0.15) is 0 Å². The van der Waals surface area contributed by atoms with Crippen molar-refractivity contribution in [2.45, 2.75) is 39.4 Å². The largest absolute Gasteiger partial charge is 0.466 e. The van der Waals surface area contributed by atoms with E-state index in [1.54, 1.807) is 0 Å². The zero-order valence-corrected chi connectivity index (χ0v) is 15.0. The average Bonchev–Trinajstić information content (AvgIpc) is 2.90. The Labute approximate surface area is 150 Å². The molecule has 1 rings (SSSR count). The molecular formula is C16H22O10. The first-order chi connectivity index (χ1) is 12.3. The fourth-order valence-corrected chi connectivity index (χ4v) is 2.25. The van der Waals surface area contributed by atoms with E-state index in [0.717, 1.165) is 0 Å². The number of ether oxygens (including phenoxy) is 5. The van der Waals surface area contributed by atoms with E-state index in [0.29, 0.717) is 0 Å². The van der Waals surface area contributed by atoms with E-state index in [9.17, 15) is 24.3 Å². The first-order valence-corrected chi connectivity index (χ1v) is 8.11. The molecule has 2 atom stereocenters. The molecule has 0 bridgehead atoms. The Hall–Kier alpha value is -2.62. The zero-order valence-electron chi connectivity index (χ0n) is 15.0. The number of aliphatic hydroxyl groups is 1. The Morgan fingerprint density at radius 3 is 1.88 bits per heavy atom. The second kappa shape index (κ2) is 9.18. The van der Waals surface area contributed by atoms with Crippen LogP contribution in [-0.4, -0.2) is 67.1 Å². The van der Waals surface area contributed by atoms with Crippen molar-refractivity contribution in [1.82, 2.24) is 0 Å². The molecule has 10 heteroatoms. The van der Waals surface area contributed by atoms with Gasteiger partial charge in [-0.05, 0) is 27.7 Å². The van der Waals surface area contributed by atoms with Gasteiger partial charge in [0.2, 0.25) is 17.5 Å². The third kappa shape index (κ3) is 3.96. The van der Waals surface area contributed by atoms with Crippen molar-refractivity contribution in [3.05, 3.63) is 11.3 Å². The summed E-state index contributed by atoms with van der Waals surface area (Å²) in [7, 11) is 0. The molecule has 0 radical (unpaired) electrons. The first-order valence-electron chi connectivity index (χ1n) is 8.11. The number of carbonyl (C=O) groups excluding carboxylic acids is 4. The number of rotatable bonds is 8. The van der Waals surface area contributed by atoms with E-state index in [1.165, 1.54) is 27.7 Å². The van der Waals surface area contributed by atoms with Crippen LogP contribution in [0.4, 0.5) is 0 Å². The molecule has 0 spiro atoms. The van der Waals surface area contributed by atoms with Crippen molar-refractivity contribution in [2.24, 2.45) is 0 Å². The van der Waals surface area contributed by atoms with Crippen molar-refractivity contribution < 1.29 is 48.0 Å². The van der Waals surface area contributed by atoms with Crippen LogP contribution in [0.5, 0.6) is 0 Å². The maximum Gasteiger partial charge on any atom is 0.374 e. The highest BCUT2D eigenvalue weighted by atomic mass is 16.6. The molecule has 0 amide bonds. The molecule has 26 heavy (non-hydrogen) atoms. The van der Waals surface area contributed by atoms with Crippen LogP contribution in [0.3, 0.4) is 0 Å². The Kier molecular flexibility index (Phi) is 7.56. The zero-order chi connectivity index (χ0) is 19.9. The minimum atomic E-state index is -2.92. The van der Waals surface area contributed by atoms with Crippen molar-refractivity contribution in [2.75, 3.05) is 26.4 Å². The minimum Gasteiger partial charge on any atom is -0.466 e. The SMILES string of the molecule is CCOC(=O)C1=C(C(=O)OCC)[C@@](O)(C(=O)OCC)[C@@H](C(=O)OCC)O1. The molecule has 10 nitrogen and oxygen atoms in total. The molecule has 0 aromatic carbocycles. The third-order valence-corrected chi connectivity index (χ3v) is 3.25. The maximum absolute atomic E-state index is 12.4. The highest BCUT2D eigenvalue weighted by molar-refractivity contribution is 6.10. The average molecular weight is 374 g/mol. The van der Waals surface area contributed by atoms with E-state index < -0.39 is 46.9 Å². The van der Waals surface area contributed by atoms with E-state index in [1.807, 2.05) is 0 Å². The quantitative estimate of drug-likeness (QED) is 0.442. The van der Waals surface area contributed by atoms with Crippen LogP contribution in [0.25, 0.3) is 0 Å². The topological polar surface area (TPSA) is 135 Å². The molecule has 0 fully saturated rings. The van der Waals surface area contributed by atoms with E-state index >= 15 is 0 Å². The summed E-state index contributed by atoms with van der Waals surface area (Å²) in [5, 5.41) is 10.9. The van der Waals surface area contributed by atoms with E-state index in [2.05, 4.69) is 0 Å². The summed E-state index contributed by atoms with van der Waals surface area (Å²) >= 11 is 0. The first kappa shape index (κ1) is 21.4. The third-order valence-electron chi connectivity index (χ3n) is 3.25. The van der Waals surface area contributed by atoms with Gasteiger partial charge in [0.1, 0.15) is 5.57 Å². The van der Waals surface area contributed by atoms with Crippen LogP contribution in [-0.2, 0) is 42.9 Å². The molecule has 0 unspecified atom stereocenters. The molecule has 1 N–H and O–H groups in total. The summed E-state index contributed by atoms with van der Waals surface area (Å²) in [6.07, 6.45) is -2.03. The fourth-order valence-electron chi connectivity index (χ4n) is 2.25. The second-order valence-corrected chi connectivity index (χ2v) is 4.88. The van der Waals surface area contributed by atoms with Crippen molar-refractivity contribution in [1.29, 1.82) is 0 Å². The number of esters is 4. The van der Waals surface area contributed by atoms with Crippen LogP contribution in [0, 0.1) is 0 Å². The Morgan fingerprint density at radius 1 is 0.885 bits per heavy atom. The predicted octanol–water partition coefficient (Wildman–Crippen LogP) is -0.377. The molecule has 0 aromatic rings. The van der Waals surface area contributed by atoms with Gasteiger partial charge in [0.25, 0.3) is 0 Å². The van der Waals surface area contributed by atoms with Crippen LogP contribution in [0.2, 0.25) is 0 Å². The maximum atomic E-state index is 12.4. The molecule has 1 aliphatic heterocycles. The van der Waals surface area contributed by atoms with E-state index in [4.69, 9.17) is 23.7 Å². The smallest absolute Gasteiger partial charge is 0.374 e. The monoisotopic (exact) mass is 374 g/mol. The highest BCUT2D eigenvalue weighted by Gasteiger charge is 2.64. The normalized spacial score (nSPS) is 21.7. The number of hydrogen-bond donors (Lipinski definition) is 1. The van der Waals surface area contributed by atoms with Crippen molar-refractivity contribution in [3.63, 3.8) is 0 Å². The molecule has 0 aromatic heterocycles. The van der Waals surface area contributed by atoms with Gasteiger partial charge in [-0.3, -0.25) is 0 Å². The second-order valence-electron chi connectivity index (χ2n) is 4.88.